The van der Waals surface area contributed by atoms with Gasteiger partial charge in [0.15, 0.2) is 0 Å². The number of amides is 1. The van der Waals surface area contributed by atoms with Crippen LogP contribution in [0.2, 0.25) is 0 Å². The second kappa shape index (κ2) is 7.08. The van der Waals surface area contributed by atoms with Crippen LogP contribution in [0, 0.1) is 5.82 Å². The normalized spacial score (nSPS) is 12.5. The number of aliphatic hydroxyl groups is 1. The van der Waals surface area contributed by atoms with Gasteiger partial charge in [0, 0.05) is 13.2 Å². The van der Waals surface area contributed by atoms with E-state index in [4.69, 9.17) is 5.11 Å². The molecule has 1 rings (SSSR count). The topological polar surface area (TPSA) is 52.6 Å². The summed E-state index contributed by atoms with van der Waals surface area (Å²) >= 11 is 0. The van der Waals surface area contributed by atoms with Crippen LogP contribution in [0.5, 0.6) is 0 Å². The molecule has 2 N–H and O–H groups in total. The molecule has 0 saturated carbocycles. The Morgan fingerprint density at radius 3 is 2.78 bits per heavy atom. The molecule has 1 aromatic rings. The average molecular weight is 254 g/mol. The highest BCUT2D eigenvalue weighted by Gasteiger charge is 2.22. The molecule has 0 saturated heterocycles. The first-order valence-electron chi connectivity index (χ1n) is 5.86. The van der Waals surface area contributed by atoms with Crippen molar-refractivity contribution in [2.45, 2.75) is 12.5 Å². The molecule has 100 valence electrons. The lowest BCUT2D eigenvalue weighted by molar-refractivity contribution is -0.125. The van der Waals surface area contributed by atoms with E-state index >= 15 is 0 Å². The molecule has 1 amide bonds. The Balaban J connectivity index is 2.79. The first-order valence-corrected chi connectivity index (χ1v) is 5.86. The molecule has 0 aliphatic carbocycles. The summed E-state index contributed by atoms with van der Waals surface area (Å²) in [7, 11) is 3.53. The van der Waals surface area contributed by atoms with Crippen LogP contribution < -0.4 is 5.32 Å². The van der Waals surface area contributed by atoms with Gasteiger partial charge in [0.2, 0.25) is 5.91 Å². The van der Waals surface area contributed by atoms with Gasteiger partial charge in [-0.2, -0.15) is 0 Å². The van der Waals surface area contributed by atoms with Gasteiger partial charge in [-0.25, -0.2) is 4.39 Å². The van der Waals surface area contributed by atoms with Crippen LogP contribution in [0.4, 0.5) is 4.39 Å². The number of hydrogen-bond acceptors (Lipinski definition) is 3. The number of benzene rings is 1. The fraction of sp³-hybridized carbons (Fsp3) is 0.462. The van der Waals surface area contributed by atoms with Gasteiger partial charge in [0.1, 0.15) is 11.9 Å². The van der Waals surface area contributed by atoms with Crippen LogP contribution in [0.3, 0.4) is 0 Å². The summed E-state index contributed by atoms with van der Waals surface area (Å²) in [6.45, 7) is 0.446. The van der Waals surface area contributed by atoms with E-state index in [0.717, 1.165) is 0 Å². The maximum absolute atomic E-state index is 13.2. The highest BCUT2D eigenvalue weighted by molar-refractivity contribution is 5.83. The van der Waals surface area contributed by atoms with Crippen molar-refractivity contribution in [2.24, 2.45) is 0 Å². The summed E-state index contributed by atoms with van der Waals surface area (Å²) in [6.07, 6.45) is 0.509. The number of nitrogens with zero attached hydrogens (tertiary/aromatic N) is 1. The van der Waals surface area contributed by atoms with Crippen LogP contribution in [-0.4, -0.2) is 43.2 Å². The molecular weight excluding hydrogens is 235 g/mol. The summed E-state index contributed by atoms with van der Waals surface area (Å²) < 4.78 is 13.2. The van der Waals surface area contributed by atoms with Crippen LogP contribution in [0.1, 0.15) is 18.0 Å². The van der Waals surface area contributed by atoms with E-state index in [9.17, 15) is 9.18 Å². The third-order valence-corrected chi connectivity index (χ3v) is 2.56. The number of carbonyl (C=O) groups excluding carboxylic acids is 1. The van der Waals surface area contributed by atoms with Gasteiger partial charge in [-0.15, -0.1) is 0 Å². The predicted octanol–water partition coefficient (Wildman–Crippen LogP) is 0.927. The van der Waals surface area contributed by atoms with Crippen molar-refractivity contribution in [2.75, 3.05) is 27.2 Å². The minimum Gasteiger partial charge on any atom is -0.396 e. The van der Waals surface area contributed by atoms with E-state index in [1.807, 2.05) is 0 Å². The molecule has 0 spiro atoms. The zero-order chi connectivity index (χ0) is 13.5. The fourth-order valence-corrected chi connectivity index (χ4v) is 1.75. The molecule has 0 bridgehead atoms. The van der Waals surface area contributed by atoms with Crippen molar-refractivity contribution >= 4 is 5.91 Å². The van der Waals surface area contributed by atoms with Crippen LogP contribution in [0.25, 0.3) is 0 Å². The summed E-state index contributed by atoms with van der Waals surface area (Å²) in [5.74, 6) is -0.554. The van der Waals surface area contributed by atoms with E-state index in [1.54, 1.807) is 31.1 Å². The number of nitrogens with one attached hydrogen (secondary N) is 1. The summed E-state index contributed by atoms with van der Waals surface area (Å²) in [4.78, 5) is 13.7. The highest BCUT2D eigenvalue weighted by Crippen LogP contribution is 2.19. The first-order chi connectivity index (χ1) is 8.56. The van der Waals surface area contributed by atoms with Gasteiger partial charge >= 0.3 is 0 Å². The predicted molar refractivity (Wildman–Crippen MR) is 67.5 cm³/mol. The molecule has 0 aliphatic heterocycles. The third kappa shape index (κ3) is 4.09. The summed E-state index contributed by atoms with van der Waals surface area (Å²) in [5.41, 5.74) is 0.612. The lowest BCUT2D eigenvalue weighted by atomic mass is 10.1. The van der Waals surface area contributed by atoms with Gasteiger partial charge < -0.3 is 10.4 Å². The molecule has 0 fully saturated rings. The average Bonchev–Trinajstić information content (AvgIpc) is 2.29. The second-order valence-corrected chi connectivity index (χ2v) is 4.29. The molecular formula is C13H19FN2O2. The number of likely N-dealkylation sites (N-methyl/N-ethyl adjacent to an activating group) is 1. The molecule has 0 radical (unpaired) electrons. The number of rotatable bonds is 6. The zero-order valence-corrected chi connectivity index (χ0v) is 10.7. The molecule has 0 aliphatic rings. The van der Waals surface area contributed by atoms with E-state index in [0.29, 0.717) is 18.5 Å². The monoisotopic (exact) mass is 254 g/mol. The second-order valence-electron chi connectivity index (χ2n) is 4.29. The molecule has 1 atom stereocenters. The lowest BCUT2D eigenvalue weighted by Gasteiger charge is -2.23. The van der Waals surface area contributed by atoms with Gasteiger partial charge in [-0.3, -0.25) is 9.69 Å². The van der Waals surface area contributed by atoms with Crippen LogP contribution in [0.15, 0.2) is 24.3 Å². The molecule has 0 aromatic heterocycles. The maximum atomic E-state index is 13.2. The standard InChI is InChI=1S/C13H19FN2O2/c1-16(2)12(13(18)15-7-4-8-17)10-5-3-6-11(14)9-10/h3,5-6,9,12,17H,4,7-8H2,1-2H3,(H,15,18)/t12-/m0/s1. The molecule has 4 nitrogen and oxygen atoms in total. The molecule has 18 heavy (non-hydrogen) atoms. The summed E-state index contributed by atoms with van der Waals surface area (Å²) in [6, 6.07) is 5.48. The molecule has 0 heterocycles. The van der Waals surface area contributed by atoms with Crippen molar-refractivity contribution in [3.8, 4) is 0 Å². The van der Waals surface area contributed by atoms with Gasteiger partial charge in [0.25, 0.3) is 0 Å². The molecule has 0 unspecified atom stereocenters. The van der Waals surface area contributed by atoms with Crippen molar-refractivity contribution in [1.82, 2.24) is 10.2 Å². The number of aliphatic hydroxyl groups excluding tert-OH is 1. The number of carbonyl (C=O) groups is 1. The van der Waals surface area contributed by atoms with Gasteiger partial charge in [-0.05, 0) is 38.2 Å². The van der Waals surface area contributed by atoms with E-state index in [1.165, 1.54) is 12.1 Å². The quantitative estimate of drug-likeness (QED) is 0.742. The van der Waals surface area contributed by atoms with E-state index in [-0.39, 0.29) is 18.3 Å². The van der Waals surface area contributed by atoms with E-state index in [2.05, 4.69) is 5.32 Å². The maximum Gasteiger partial charge on any atom is 0.241 e. The Bertz CT molecular complexity index is 396. The Morgan fingerprint density at radius 2 is 2.22 bits per heavy atom. The lowest BCUT2D eigenvalue weighted by Crippen LogP contribution is -2.37. The summed E-state index contributed by atoms with van der Waals surface area (Å²) in [5, 5.41) is 11.4. The Kier molecular flexibility index (Phi) is 5.74. The van der Waals surface area contributed by atoms with Crippen molar-refractivity contribution < 1.29 is 14.3 Å². The Hall–Kier alpha value is -1.46. The van der Waals surface area contributed by atoms with E-state index < -0.39 is 6.04 Å². The molecule has 1 aromatic carbocycles. The minimum absolute atomic E-state index is 0.0346. The number of hydrogen-bond donors (Lipinski definition) is 2. The van der Waals surface area contributed by atoms with Crippen molar-refractivity contribution in [3.05, 3.63) is 35.6 Å². The van der Waals surface area contributed by atoms with Gasteiger partial charge in [0.05, 0.1) is 0 Å². The Labute approximate surface area is 106 Å². The number of halogens is 1. The Morgan fingerprint density at radius 1 is 1.50 bits per heavy atom. The third-order valence-electron chi connectivity index (χ3n) is 2.56. The fourth-order valence-electron chi connectivity index (χ4n) is 1.75. The van der Waals surface area contributed by atoms with Crippen LogP contribution in [-0.2, 0) is 4.79 Å². The van der Waals surface area contributed by atoms with Crippen LogP contribution >= 0.6 is 0 Å². The smallest absolute Gasteiger partial charge is 0.241 e. The van der Waals surface area contributed by atoms with Crippen molar-refractivity contribution in [1.29, 1.82) is 0 Å². The highest BCUT2D eigenvalue weighted by atomic mass is 19.1. The van der Waals surface area contributed by atoms with Gasteiger partial charge in [-0.1, -0.05) is 12.1 Å². The largest absolute Gasteiger partial charge is 0.396 e. The SMILES string of the molecule is CN(C)[C@H](C(=O)NCCCO)c1cccc(F)c1. The van der Waals surface area contributed by atoms with Crippen molar-refractivity contribution in [3.63, 3.8) is 0 Å². The minimum atomic E-state index is -0.528. The first kappa shape index (κ1) is 14.6. The zero-order valence-electron chi connectivity index (χ0n) is 10.7. The molecule has 5 heteroatoms.